The number of aromatic nitrogens is 2. The number of H-pyrrole nitrogens is 1. The monoisotopic (exact) mass is 340 g/mol. The van der Waals surface area contributed by atoms with Gasteiger partial charge >= 0.3 is 5.97 Å². The number of halogens is 1. The number of rotatable bonds is 4. The summed E-state index contributed by atoms with van der Waals surface area (Å²) in [7, 11) is 0. The largest absolute Gasteiger partial charge is 0.480 e. The fourth-order valence-electron chi connectivity index (χ4n) is 3.03. The smallest absolute Gasteiger partial charge is 0.323 e. The highest BCUT2D eigenvalue weighted by Gasteiger charge is 2.31. The van der Waals surface area contributed by atoms with Gasteiger partial charge in [0.25, 0.3) is 5.91 Å². The van der Waals surface area contributed by atoms with E-state index in [1.165, 1.54) is 4.90 Å². The van der Waals surface area contributed by atoms with Crippen LogP contribution in [0, 0.1) is 5.95 Å². The number of hydrogen-bond acceptors (Lipinski definition) is 4. The molecule has 25 heavy (non-hydrogen) atoms. The van der Waals surface area contributed by atoms with Gasteiger partial charge in [-0.25, -0.2) is 0 Å². The van der Waals surface area contributed by atoms with Crippen molar-refractivity contribution in [2.75, 3.05) is 11.9 Å². The maximum atomic E-state index is 13.6. The summed E-state index contributed by atoms with van der Waals surface area (Å²) >= 11 is 0. The minimum Gasteiger partial charge on any atom is -0.480 e. The summed E-state index contributed by atoms with van der Waals surface area (Å²) in [6.45, 7) is -0.0927. The molecule has 7 nitrogen and oxygen atoms in total. The van der Waals surface area contributed by atoms with Gasteiger partial charge in [0.1, 0.15) is 6.54 Å². The number of nitrogens with zero attached hydrogens (tertiary/aromatic N) is 2. The average Bonchev–Trinajstić information content (AvgIpc) is 3.09. The summed E-state index contributed by atoms with van der Waals surface area (Å²) in [6.07, 6.45) is 0. The molecule has 4 rings (SSSR count). The predicted molar refractivity (Wildman–Crippen MR) is 88.2 cm³/mol. The van der Waals surface area contributed by atoms with Crippen molar-refractivity contribution in [3.8, 4) is 0 Å². The van der Waals surface area contributed by atoms with Crippen molar-refractivity contribution >= 4 is 34.2 Å². The number of carboxylic acid groups (broad SMARTS) is 1. The number of benzene rings is 2. The van der Waals surface area contributed by atoms with Crippen LogP contribution in [0.1, 0.15) is 15.9 Å². The molecule has 2 heterocycles. The molecule has 3 aromatic rings. The van der Waals surface area contributed by atoms with Crippen LogP contribution in [0.25, 0.3) is 10.9 Å². The van der Waals surface area contributed by atoms with E-state index in [0.29, 0.717) is 27.8 Å². The summed E-state index contributed by atoms with van der Waals surface area (Å²) in [4.78, 5) is 24.7. The zero-order valence-electron chi connectivity index (χ0n) is 12.9. The third-order valence-corrected chi connectivity index (χ3v) is 4.13. The lowest BCUT2D eigenvalue weighted by atomic mass is 10.1. The van der Waals surface area contributed by atoms with Crippen LogP contribution in [0.3, 0.4) is 0 Å². The first kappa shape index (κ1) is 15.1. The quantitative estimate of drug-likeness (QED) is 0.678. The number of carbonyl (C=O) groups is 2. The van der Waals surface area contributed by atoms with Gasteiger partial charge in [-0.3, -0.25) is 14.7 Å². The lowest BCUT2D eigenvalue weighted by Crippen LogP contribution is -2.30. The molecule has 0 saturated carbocycles. The lowest BCUT2D eigenvalue weighted by Gasteiger charge is -2.13. The molecular formula is C17H13FN4O3. The molecule has 0 saturated heterocycles. The van der Waals surface area contributed by atoms with Crippen LogP contribution in [0.2, 0.25) is 0 Å². The fourth-order valence-corrected chi connectivity index (χ4v) is 3.03. The molecule has 8 heteroatoms. The molecule has 3 N–H and O–H groups in total. The maximum absolute atomic E-state index is 13.6. The van der Waals surface area contributed by atoms with Crippen LogP contribution in [-0.4, -0.2) is 38.6 Å². The average molecular weight is 340 g/mol. The fraction of sp³-hybridized carbons (Fsp3) is 0.118. The molecule has 0 aliphatic carbocycles. The van der Waals surface area contributed by atoms with Crippen LogP contribution in [0.5, 0.6) is 0 Å². The molecular weight excluding hydrogens is 327 g/mol. The number of carboxylic acids is 1. The van der Waals surface area contributed by atoms with E-state index in [0.717, 1.165) is 5.56 Å². The van der Waals surface area contributed by atoms with Crippen molar-refractivity contribution in [1.29, 1.82) is 0 Å². The standard InChI is InChI=1S/C17H13FN4O3/c18-16-11-6-10(4-5-12(11)20-21-16)19-13-3-1-2-9-7-22(8-14(23)24)17(25)15(9)13/h1-6,19H,7-8H2,(H,20,21)(H,23,24). The predicted octanol–water partition coefficient (Wildman–Crippen LogP) is 2.49. The highest BCUT2D eigenvalue weighted by Crippen LogP contribution is 2.32. The second-order valence-corrected chi connectivity index (χ2v) is 5.79. The Morgan fingerprint density at radius 1 is 1.36 bits per heavy atom. The SMILES string of the molecule is O=C(O)CN1Cc2cccc(Nc3ccc4[nH]nc(F)c4c3)c2C1=O. The first-order chi connectivity index (χ1) is 12.0. The molecule has 0 fully saturated rings. The molecule has 0 bridgehead atoms. The lowest BCUT2D eigenvalue weighted by molar-refractivity contribution is -0.137. The summed E-state index contributed by atoms with van der Waals surface area (Å²) < 4.78 is 13.6. The Balaban J connectivity index is 1.68. The van der Waals surface area contributed by atoms with Crippen molar-refractivity contribution < 1.29 is 19.1 Å². The number of aromatic amines is 1. The minimum absolute atomic E-state index is 0.255. The topological polar surface area (TPSA) is 98.3 Å². The Kier molecular flexibility index (Phi) is 3.38. The number of amides is 1. The number of anilines is 2. The Labute approximate surface area is 141 Å². The molecule has 0 atom stereocenters. The summed E-state index contributed by atoms with van der Waals surface area (Å²) in [6, 6.07) is 10.3. The van der Waals surface area contributed by atoms with E-state index in [4.69, 9.17) is 5.11 Å². The maximum Gasteiger partial charge on any atom is 0.323 e. The number of aliphatic carboxylic acids is 1. The van der Waals surface area contributed by atoms with E-state index < -0.39 is 11.9 Å². The van der Waals surface area contributed by atoms with Gasteiger partial charge in [0.2, 0.25) is 5.95 Å². The van der Waals surface area contributed by atoms with Gasteiger partial charge in [-0.15, -0.1) is 5.10 Å². The van der Waals surface area contributed by atoms with Gasteiger partial charge in [0.15, 0.2) is 0 Å². The first-order valence-electron chi connectivity index (χ1n) is 7.56. The van der Waals surface area contributed by atoms with Gasteiger partial charge in [-0.1, -0.05) is 12.1 Å². The van der Waals surface area contributed by atoms with Gasteiger partial charge < -0.3 is 15.3 Å². The third kappa shape index (κ3) is 2.57. The second kappa shape index (κ2) is 5.59. The highest BCUT2D eigenvalue weighted by atomic mass is 19.1. The van der Waals surface area contributed by atoms with E-state index >= 15 is 0 Å². The second-order valence-electron chi connectivity index (χ2n) is 5.79. The van der Waals surface area contributed by atoms with E-state index in [2.05, 4.69) is 15.5 Å². The highest BCUT2D eigenvalue weighted by molar-refractivity contribution is 6.05. The van der Waals surface area contributed by atoms with Crippen LogP contribution in [-0.2, 0) is 11.3 Å². The number of hydrogen-bond donors (Lipinski definition) is 3. The zero-order chi connectivity index (χ0) is 17.6. The van der Waals surface area contributed by atoms with Gasteiger partial charge in [0, 0.05) is 12.2 Å². The van der Waals surface area contributed by atoms with Crippen LogP contribution < -0.4 is 5.32 Å². The summed E-state index contributed by atoms with van der Waals surface area (Å²) in [5.41, 5.74) is 2.93. The molecule has 1 aliphatic heterocycles. The normalized spacial score (nSPS) is 13.3. The third-order valence-electron chi connectivity index (χ3n) is 4.13. The Bertz CT molecular complexity index is 1010. The Hall–Kier alpha value is -3.42. The Morgan fingerprint density at radius 3 is 3.00 bits per heavy atom. The summed E-state index contributed by atoms with van der Waals surface area (Å²) in [5.74, 6) is -1.99. The van der Waals surface area contributed by atoms with Crippen LogP contribution in [0.15, 0.2) is 36.4 Å². The van der Waals surface area contributed by atoms with E-state index in [-0.39, 0.29) is 19.0 Å². The van der Waals surface area contributed by atoms with Gasteiger partial charge in [-0.2, -0.15) is 4.39 Å². The molecule has 2 aromatic carbocycles. The van der Waals surface area contributed by atoms with Crippen molar-refractivity contribution in [3.05, 3.63) is 53.5 Å². The van der Waals surface area contributed by atoms with Crippen molar-refractivity contribution in [3.63, 3.8) is 0 Å². The molecule has 0 radical (unpaired) electrons. The molecule has 0 unspecified atom stereocenters. The van der Waals surface area contributed by atoms with Crippen molar-refractivity contribution in [1.82, 2.24) is 15.1 Å². The first-order valence-corrected chi connectivity index (χ1v) is 7.56. The number of nitrogens with one attached hydrogen (secondary N) is 2. The van der Waals surface area contributed by atoms with E-state index in [1.807, 2.05) is 0 Å². The molecule has 1 amide bonds. The summed E-state index contributed by atoms with van der Waals surface area (Å²) in [5, 5.41) is 18.5. The molecule has 126 valence electrons. The van der Waals surface area contributed by atoms with Gasteiger partial charge in [0.05, 0.1) is 22.2 Å². The Morgan fingerprint density at radius 2 is 2.20 bits per heavy atom. The van der Waals surface area contributed by atoms with Gasteiger partial charge in [-0.05, 0) is 29.8 Å². The van der Waals surface area contributed by atoms with E-state index in [9.17, 15) is 14.0 Å². The molecule has 1 aliphatic rings. The van der Waals surface area contributed by atoms with Crippen molar-refractivity contribution in [2.24, 2.45) is 0 Å². The number of fused-ring (bicyclic) bond motifs is 2. The van der Waals surface area contributed by atoms with Crippen molar-refractivity contribution in [2.45, 2.75) is 6.54 Å². The zero-order valence-corrected chi connectivity index (χ0v) is 12.9. The minimum atomic E-state index is -1.06. The molecule has 0 spiro atoms. The van der Waals surface area contributed by atoms with E-state index in [1.54, 1.807) is 36.4 Å². The van der Waals surface area contributed by atoms with Crippen LogP contribution >= 0.6 is 0 Å². The van der Waals surface area contributed by atoms with Crippen LogP contribution in [0.4, 0.5) is 15.8 Å². The molecule has 1 aromatic heterocycles. The number of carbonyl (C=O) groups excluding carboxylic acids is 1.